The minimum Gasteiger partial charge on any atom is -0.461 e. The van der Waals surface area contributed by atoms with Crippen molar-refractivity contribution in [2.45, 2.75) is 20.8 Å². The number of likely N-dealkylation sites (N-methyl/N-ethyl adjacent to an activating group) is 1. The van der Waals surface area contributed by atoms with Gasteiger partial charge in [0.05, 0.1) is 12.1 Å². The smallest absolute Gasteiger partial charge is 0.181 e. The highest BCUT2D eigenvalue weighted by molar-refractivity contribution is 6.18. The Bertz CT molecular complexity index is 766. The summed E-state index contributed by atoms with van der Waals surface area (Å²) < 4.78 is 11.5. The Labute approximate surface area is 116 Å². The number of fused-ring (bicyclic) bond motifs is 2. The van der Waals surface area contributed by atoms with Crippen LogP contribution in [-0.4, -0.2) is 19.4 Å². The summed E-state index contributed by atoms with van der Waals surface area (Å²) in [5, 5.41) is 4.68. The van der Waals surface area contributed by atoms with Crippen LogP contribution in [-0.2, 0) is 0 Å². The highest BCUT2D eigenvalue weighted by atomic mass is 16.3. The lowest BCUT2D eigenvalue weighted by molar-refractivity contribution is 0.0996. The molecule has 0 atom stereocenters. The first-order valence-corrected chi connectivity index (χ1v) is 6.63. The second-order valence-corrected chi connectivity index (χ2v) is 5.15. The molecule has 0 unspecified atom stereocenters. The standard InChI is InChI=1S/C16H17NO3/c1-8-5-11-10(3)15-12(6-9(2)19-15)14(16(11)20-8)13(18)7-17-4/h5-6,17H,7H2,1-4H3. The molecule has 4 nitrogen and oxygen atoms in total. The Morgan fingerprint density at radius 2 is 1.65 bits per heavy atom. The highest BCUT2D eigenvalue weighted by Gasteiger charge is 2.22. The first kappa shape index (κ1) is 12.9. The lowest BCUT2D eigenvalue weighted by Crippen LogP contribution is -2.19. The minimum absolute atomic E-state index is 0.0117. The molecule has 1 N–H and O–H groups in total. The number of benzene rings is 1. The molecule has 0 radical (unpaired) electrons. The third-order valence-corrected chi connectivity index (χ3v) is 3.57. The van der Waals surface area contributed by atoms with Crippen molar-refractivity contribution in [3.8, 4) is 0 Å². The average molecular weight is 271 g/mol. The first-order valence-electron chi connectivity index (χ1n) is 6.63. The topological polar surface area (TPSA) is 55.4 Å². The van der Waals surface area contributed by atoms with Crippen LogP contribution < -0.4 is 5.32 Å². The maximum Gasteiger partial charge on any atom is 0.181 e. The van der Waals surface area contributed by atoms with Gasteiger partial charge in [-0.25, -0.2) is 0 Å². The van der Waals surface area contributed by atoms with Gasteiger partial charge >= 0.3 is 0 Å². The number of aryl methyl sites for hydroxylation is 3. The quantitative estimate of drug-likeness (QED) is 0.741. The number of hydrogen-bond donors (Lipinski definition) is 1. The molecule has 0 amide bonds. The number of furan rings is 2. The van der Waals surface area contributed by atoms with Gasteiger partial charge in [0.25, 0.3) is 0 Å². The summed E-state index contributed by atoms with van der Waals surface area (Å²) in [5.41, 5.74) is 3.06. The summed E-state index contributed by atoms with van der Waals surface area (Å²) in [7, 11) is 1.76. The van der Waals surface area contributed by atoms with Crippen molar-refractivity contribution in [2.24, 2.45) is 0 Å². The number of Topliss-reactive ketones (excluding diaryl/α,β-unsaturated/α-hetero) is 1. The van der Waals surface area contributed by atoms with Crippen molar-refractivity contribution in [3.05, 3.63) is 34.8 Å². The maximum atomic E-state index is 12.4. The van der Waals surface area contributed by atoms with E-state index in [-0.39, 0.29) is 12.3 Å². The number of hydrogen-bond acceptors (Lipinski definition) is 4. The molecule has 1 aromatic carbocycles. The van der Waals surface area contributed by atoms with Gasteiger partial charge in [-0.3, -0.25) is 4.79 Å². The van der Waals surface area contributed by atoms with Crippen molar-refractivity contribution in [1.82, 2.24) is 5.32 Å². The summed E-state index contributed by atoms with van der Waals surface area (Å²) in [4.78, 5) is 12.4. The molecule has 2 heterocycles. The van der Waals surface area contributed by atoms with Gasteiger partial charge in [0, 0.05) is 16.3 Å². The molecule has 0 saturated carbocycles. The molecule has 0 aliphatic carbocycles. The summed E-state index contributed by atoms with van der Waals surface area (Å²) in [6.45, 7) is 6.05. The van der Waals surface area contributed by atoms with E-state index in [9.17, 15) is 4.79 Å². The molecule has 3 aromatic rings. The van der Waals surface area contributed by atoms with Gasteiger partial charge in [-0.2, -0.15) is 0 Å². The lowest BCUT2D eigenvalue weighted by Gasteiger charge is -2.05. The average Bonchev–Trinajstić information content (AvgIpc) is 2.93. The molecular formula is C16H17NO3. The number of ketones is 1. The second kappa shape index (κ2) is 4.49. The summed E-state index contributed by atoms with van der Waals surface area (Å²) in [6, 6.07) is 3.86. The maximum absolute atomic E-state index is 12.4. The lowest BCUT2D eigenvalue weighted by atomic mass is 9.99. The van der Waals surface area contributed by atoms with Gasteiger partial charge in [0.15, 0.2) is 5.78 Å². The Morgan fingerprint density at radius 3 is 2.30 bits per heavy atom. The first-order chi connectivity index (χ1) is 9.52. The van der Waals surface area contributed by atoms with Crippen LogP contribution in [0.1, 0.15) is 27.4 Å². The largest absolute Gasteiger partial charge is 0.461 e. The zero-order valence-electron chi connectivity index (χ0n) is 12.1. The molecule has 104 valence electrons. The van der Waals surface area contributed by atoms with Crippen LogP contribution in [0.15, 0.2) is 21.0 Å². The van der Waals surface area contributed by atoms with Gasteiger partial charge in [-0.05, 0) is 40.0 Å². The zero-order valence-corrected chi connectivity index (χ0v) is 12.1. The van der Waals surface area contributed by atoms with Gasteiger partial charge < -0.3 is 14.2 Å². The molecule has 20 heavy (non-hydrogen) atoms. The zero-order chi connectivity index (χ0) is 14.4. The van der Waals surface area contributed by atoms with Crippen LogP contribution in [0.2, 0.25) is 0 Å². The molecule has 0 bridgehead atoms. The molecule has 0 spiro atoms. The van der Waals surface area contributed by atoms with Crippen molar-refractivity contribution < 1.29 is 13.6 Å². The van der Waals surface area contributed by atoms with E-state index in [1.54, 1.807) is 7.05 Å². The highest BCUT2D eigenvalue weighted by Crippen LogP contribution is 2.36. The van der Waals surface area contributed by atoms with Gasteiger partial charge in [-0.15, -0.1) is 0 Å². The van der Waals surface area contributed by atoms with E-state index in [0.29, 0.717) is 11.1 Å². The number of nitrogens with one attached hydrogen (secondary N) is 1. The normalized spacial score (nSPS) is 11.6. The van der Waals surface area contributed by atoms with Crippen molar-refractivity contribution in [1.29, 1.82) is 0 Å². The summed E-state index contributed by atoms with van der Waals surface area (Å²) in [5.74, 6) is 1.61. The van der Waals surface area contributed by atoms with Crippen LogP contribution in [0.25, 0.3) is 21.9 Å². The predicted molar refractivity (Wildman–Crippen MR) is 78.5 cm³/mol. The van der Waals surface area contributed by atoms with E-state index in [0.717, 1.165) is 33.4 Å². The molecule has 4 heteroatoms. The fourth-order valence-corrected chi connectivity index (χ4v) is 2.73. The molecule has 3 rings (SSSR count). The van der Waals surface area contributed by atoms with Gasteiger partial charge in [0.1, 0.15) is 22.7 Å². The summed E-state index contributed by atoms with van der Waals surface area (Å²) >= 11 is 0. The third kappa shape index (κ3) is 1.76. The van der Waals surface area contributed by atoms with E-state index in [1.807, 2.05) is 32.9 Å². The van der Waals surface area contributed by atoms with E-state index in [2.05, 4.69) is 5.32 Å². The molecule has 0 aliphatic rings. The molecule has 0 aliphatic heterocycles. The molecule has 0 saturated heterocycles. The Hall–Kier alpha value is -2.07. The summed E-state index contributed by atoms with van der Waals surface area (Å²) in [6.07, 6.45) is 0. The SMILES string of the molecule is CNCC(=O)c1c2cc(C)oc2c(C)c2cc(C)oc12. The van der Waals surface area contributed by atoms with E-state index in [1.165, 1.54) is 0 Å². The number of rotatable bonds is 3. The van der Waals surface area contributed by atoms with Gasteiger partial charge in [-0.1, -0.05) is 0 Å². The fourth-order valence-electron chi connectivity index (χ4n) is 2.73. The van der Waals surface area contributed by atoms with Crippen LogP contribution in [0.5, 0.6) is 0 Å². The van der Waals surface area contributed by atoms with E-state index in [4.69, 9.17) is 8.83 Å². The fraction of sp³-hybridized carbons (Fsp3) is 0.312. The van der Waals surface area contributed by atoms with Crippen LogP contribution >= 0.6 is 0 Å². The van der Waals surface area contributed by atoms with Crippen molar-refractivity contribution in [2.75, 3.05) is 13.6 Å². The molecule has 0 fully saturated rings. The molecule has 2 aromatic heterocycles. The van der Waals surface area contributed by atoms with Crippen molar-refractivity contribution >= 4 is 27.7 Å². The number of carbonyl (C=O) groups is 1. The predicted octanol–water partition coefficient (Wildman–Crippen LogP) is 3.51. The third-order valence-electron chi connectivity index (χ3n) is 3.57. The van der Waals surface area contributed by atoms with E-state index < -0.39 is 0 Å². The van der Waals surface area contributed by atoms with Gasteiger partial charge in [0.2, 0.25) is 0 Å². The van der Waals surface area contributed by atoms with E-state index >= 15 is 0 Å². The monoisotopic (exact) mass is 271 g/mol. The Kier molecular flexibility index (Phi) is 2.91. The van der Waals surface area contributed by atoms with Crippen LogP contribution in [0.3, 0.4) is 0 Å². The van der Waals surface area contributed by atoms with Crippen LogP contribution in [0.4, 0.5) is 0 Å². The molecular weight excluding hydrogens is 254 g/mol. The Balaban J connectivity index is 2.48. The van der Waals surface area contributed by atoms with Crippen molar-refractivity contribution in [3.63, 3.8) is 0 Å². The second-order valence-electron chi connectivity index (χ2n) is 5.15. The Morgan fingerprint density at radius 1 is 1.05 bits per heavy atom. The number of carbonyl (C=O) groups excluding carboxylic acids is 1. The minimum atomic E-state index is 0.0117. The van der Waals surface area contributed by atoms with Crippen LogP contribution in [0, 0.1) is 20.8 Å².